The van der Waals surface area contributed by atoms with Crippen LogP contribution in [-0.2, 0) is 12.0 Å². The maximum absolute atomic E-state index is 5.98. The number of hydrogen-bond acceptors (Lipinski definition) is 4. The first-order chi connectivity index (χ1) is 12.4. The molecule has 2 heterocycles. The molecule has 0 unspecified atom stereocenters. The minimum Gasteiger partial charge on any atom is -0.372 e. The van der Waals surface area contributed by atoms with Gasteiger partial charge in [-0.25, -0.2) is 0 Å². The van der Waals surface area contributed by atoms with Crippen LogP contribution in [0.3, 0.4) is 0 Å². The molecule has 1 aliphatic heterocycles. The molecule has 0 spiro atoms. The van der Waals surface area contributed by atoms with Gasteiger partial charge >= 0.3 is 0 Å². The molecular formula is C21H30ClN3O. The minimum atomic E-state index is 0.0415. The number of nitrogens with one attached hydrogen (secondary N) is 1. The summed E-state index contributed by atoms with van der Waals surface area (Å²) < 4.78 is 5.43. The molecule has 1 aromatic carbocycles. The molecule has 3 rings (SSSR count). The Morgan fingerprint density at radius 2 is 1.88 bits per heavy atom. The maximum Gasteiger partial charge on any atom is 0.150 e. The summed E-state index contributed by atoms with van der Waals surface area (Å²) in [6.45, 7) is 10.5. The van der Waals surface area contributed by atoms with Crippen molar-refractivity contribution in [2.75, 3.05) is 24.5 Å². The highest BCUT2D eigenvalue weighted by Crippen LogP contribution is 2.26. The Morgan fingerprint density at radius 1 is 1.19 bits per heavy atom. The van der Waals surface area contributed by atoms with Crippen LogP contribution in [0.5, 0.6) is 0 Å². The Balaban J connectivity index is 1.35. The van der Waals surface area contributed by atoms with E-state index in [0.717, 1.165) is 48.6 Å². The number of aromatic nitrogens is 1. The quantitative estimate of drug-likeness (QED) is 0.719. The number of anilines is 1. The maximum atomic E-state index is 5.98. The van der Waals surface area contributed by atoms with Crippen molar-refractivity contribution in [3.05, 3.63) is 46.8 Å². The van der Waals surface area contributed by atoms with Crippen LogP contribution in [0.15, 0.2) is 34.9 Å². The monoisotopic (exact) mass is 375 g/mol. The van der Waals surface area contributed by atoms with Gasteiger partial charge in [-0.15, -0.1) is 0 Å². The Kier molecular flexibility index (Phi) is 6.25. The van der Waals surface area contributed by atoms with Crippen LogP contribution < -0.4 is 10.2 Å². The SMILES string of the molecule is CC(C)(C)c1cc(CNCCC2CCN(c3ccc(Cl)cc3)CC2)on1. The normalized spacial score (nSPS) is 16.2. The van der Waals surface area contributed by atoms with E-state index in [2.05, 4.69) is 54.3 Å². The minimum absolute atomic E-state index is 0.0415. The van der Waals surface area contributed by atoms with Crippen LogP contribution in [0.2, 0.25) is 5.02 Å². The third-order valence-corrected chi connectivity index (χ3v) is 5.41. The Bertz CT molecular complexity index is 682. The third kappa shape index (κ3) is 5.24. The van der Waals surface area contributed by atoms with E-state index in [-0.39, 0.29) is 5.41 Å². The molecule has 2 aromatic rings. The van der Waals surface area contributed by atoms with Gasteiger partial charge in [0.2, 0.25) is 0 Å². The van der Waals surface area contributed by atoms with Gasteiger partial charge in [-0.3, -0.25) is 0 Å². The largest absolute Gasteiger partial charge is 0.372 e. The Hall–Kier alpha value is -1.52. The summed E-state index contributed by atoms with van der Waals surface area (Å²) in [4.78, 5) is 2.46. The molecule has 1 saturated heterocycles. The smallest absolute Gasteiger partial charge is 0.150 e. The van der Waals surface area contributed by atoms with Gasteiger partial charge < -0.3 is 14.7 Å². The highest BCUT2D eigenvalue weighted by molar-refractivity contribution is 6.30. The third-order valence-electron chi connectivity index (χ3n) is 5.16. The lowest BCUT2D eigenvalue weighted by atomic mass is 9.92. The first-order valence-electron chi connectivity index (χ1n) is 9.59. The lowest BCUT2D eigenvalue weighted by molar-refractivity contribution is 0.345. The molecule has 1 N–H and O–H groups in total. The van der Waals surface area contributed by atoms with Crippen molar-refractivity contribution in [3.8, 4) is 0 Å². The molecule has 0 atom stereocenters. The van der Waals surface area contributed by atoms with Crippen molar-refractivity contribution in [2.45, 2.75) is 52.0 Å². The summed E-state index contributed by atoms with van der Waals surface area (Å²) in [6, 6.07) is 10.3. The summed E-state index contributed by atoms with van der Waals surface area (Å²) in [5, 5.41) is 8.47. The fourth-order valence-electron chi connectivity index (χ4n) is 3.40. The predicted molar refractivity (Wildman–Crippen MR) is 108 cm³/mol. The van der Waals surface area contributed by atoms with Crippen molar-refractivity contribution >= 4 is 17.3 Å². The highest BCUT2D eigenvalue weighted by atomic mass is 35.5. The molecule has 4 nitrogen and oxygen atoms in total. The summed E-state index contributed by atoms with van der Waals surface area (Å²) in [7, 11) is 0. The van der Waals surface area contributed by atoms with Crippen LogP contribution in [0.4, 0.5) is 5.69 Å². The number of benzene rings is 1. The van der Waals surface area contributed by atoms with E-state index >= 15 is 0 Å². The second kappa shape index (κ2) is 8.45. The van der Waals surface area contributed by atoms with E-state index < -0.39 is 0 Å². The van der Waals surface area contributed by atoms with Crippen LogP contribution in [0.1, 0.15) is 51.5 Å². The van der Waals surface area contributed by atoms with Crippen LogP contribution in [-0.4, -0.2) is 24.8 Å². The van der Waals surface area contributed by atoms with Gasteiger partial charge in [0, 0.05) is 35.3 Å². The number of rotatable bonds is 6. The summed E-state index contributed by atoms with van der Waals surface area (Å²) in [5.41, 5.74) is 2.34. The summed E-state index contributed by atoms with van der Waals surface area (Å²) >= 11 is 5.98. The molecule has 0 radical (unpaired) electrons. The van der Waals surface area contributed by atoms with Gasteiger partial charge in [-0.1, -0.05) is 37.5 Å². The van der Waals surface area contributed by atoms with Gasteiger partial charge in [0.25, 0.3) is 0 Å². The molecule has 0 bridgehead atoms. The van der Waals surface area contributed by atoms with Gasteiger partial charge in [0.15, 0.2) is 5.76 Å². The van der Waals surface area contributed by atoms with E-state index in [1.807, 2.05) is 12.1 Å². The van der Waals surface area contributed by atoms with Crippen molar-refractivity contribution in [3.63, 3.8) is 0 Å². The van der Waals surface area contributed by atoms with E-state index in [4.69, 9.17) is 16.1 Å². The van der Waals surface area contributed by atoms with Gasteiger partial charge in [-0.2, -0.15) is 0 Å². The highest BCUT2D eigenvalue weighted by Gasteiger charge is 2.20. The summed E-state index contributed by atoms with van der Waals surface area (Å²) in [5.74, 6) is 1.72. The molecule has 0 amide bonds. The van der Waals surface area contributed by atoms with Gasteiger partial charge in [0.05, 0.1) is 12.2 Å². The second-order valence-corrected chi connectivity index (χ2v) is 8.74. The average Bonchev–Trinajstić information content (AvgIpc) is 3.09. The van der Waals surface area contributed by atoms with Crippen LogP contribution >= 0.6 is 11.6 Å². The molecule has 26 heavy (non-hydrogen) atoms. The molecular weight excluding hydrogens is 346 g/mol. The van der Waals surface area contributed by atoms with Crippen molar-refractivity contribution < 1.29 is 4.52 Å². The molecule has 0 aliphatic carbocycles. The number of nitrogens with zero attached hydrogens (tertiary/aromatic N) is 2. The molecule has 1 fully saturated rings. The molecule has 0 saturated carbocycles. The number of piperidine rings is 1. The van der Waals surface area contributed by atoms with E-state index in [1.54, 1.807) is 0 Å². The predicted octanol–water partition coefficient (Wildman–Crippen LogP) is 5.02. The lowest BCUT2D eigenvalue weighted by Crippen LogP contribution is -2.34. The topological polar surface area (TPSA) is 41.3 Å². The van der Waals surface area contributed by atoms with Gasteiger partial charge in [0.1, 0.15) is 0 Å². The first kappa shape index (κ1) is 19.2. The Labute approximate surface area is 161 Å². The molecule has 142 valence electrons. The zero-order chi connectivity index (χ0) is 18.6. The zero-order valence-electron chi connectivity index (χ0n) is 16.1. The van der Waals surface area contributed by atoms with Gasteiger partial charge in [-0.05, 0) is 56.0 Å². The first-order valence-corrected chi connectivity index (χ1v) is 9.97. The molecule has 1 aliphatic rings. The van der Waals surface area contributed by atoms with Crippen LogP contribution in [0.25, 0.3) is 0 Å². The average molecular weight is 376 g/mol. The molecule has 1 aromatic heterocycles. The van der Waals surface area contributed by atoms with E-state index in [9.17, 15) is 0 Å². The van der Waals surface area contributed by atoms with Crippen molar-refractivity contribution in [1.82, 2.24) is 10.5 Å². The lowest BCUT2D eigenvalue weighted by Gasteiger charge is -2.33. The second-order valence-electron chi connectivity index (χ2n) is 8.30. The van der Waals surface area contributed by atoms with Crippen molar-refractivity contribution in [1.29, 1.82) is 0 Å². The zero-order valence-corrected chi connectivity index (χ0v) is 16.9. The van der Waals surface area contributed by atoms with Crippen molar-refractivity contribution in [2.24, 2.45) is 5.92 Å². The number of halogens is 1. The standard InChI is InChI=1S/C21H30ClN3O/c1-21(2,3)20-14-19(26-24-20)15-23-11-8-16-9-12-25(13-10-16)18-6-4-17(22)5-7-18/h4-7,14,16,23H,8-13,15H2,1-3H3. The number of hydrogen-bond donors (Lipinski definition) is 1. The van der Waals surface area contributed by atoms with E-state index in [1.165, 1.54) is 24.9 Å². The fourth-order valence-corrected chi connectivity index (χ4v) is 3.53. The van der Waals surface area contributed by atoms with E-state index in [0.29, 0.717) is 0 Å². The Morgan fingerprint density at radius 3 is 2.50 bits per heavy atom. The van der Waals surface area contributed by atoms with Crippen LogP contribution in [0, 0.1) is 5.92 Å². The molecule has 5 heteroatoms. The fraction of sp³-hybridized carbons (Fsp3) is 0.571. The summed E-state index contributed by atoms with van der Waals surface area (Å²) in [6.07, 6.45) is 3.72.